The lowest BCUT2D eigenvalue weighted by atomic mass is 10.1. The molecule has 2 rings (SSSR count). The number of ether oxygens (including phenoxy) is 1. The van der Waals surface area contributed by atoms with Crippen molar-refractivity contribution in [1.82, 2.24) is 5.32 Å². The summed E-state index contributed by atoms with van der Waals surface area (Å²) in [6.07, 6.45) is 1.54. The molecule has 2 aromatic rings. The quantitative estimate of drug-likeness (QED) is 0.792. The number of nitrogens with one attached hydrogen (secondary N) is 1. The minimum atomic E-state index is -0.232. The number of methoxy groups -OCH3 is 1. The van der Waals surface area contributed by atoms with Gasteiger partial charge in [-0.1, -0.05) is 24.3 Å². The first-order valence-electron chi connectivity index (χ1n) is 7.42. The number of halogens is 2. The second-order valence-electron chi connectivity index (χ2n) is 5.16. The maximum Gasteiger partial charge on any atom is 0.220 e. The van der Waals surface area contributed by atoms with E-state index in [-0.39, 0.29) is 11.7 Å². The van der Waals surface area contributed by atoms with E-state index in [1.54, 1.807) is 25.3 Å². The third-order valence-electron chi connectivity index (χ3n) is 3.53. The van der Waals surface area contributed by atoms with Crippen LogP contribution in [-0.2, 0) is 17.6 Å². The first-order chi connectivity index (χ1) is 11.1. The molecule has 0 radical (unpaired) electrons. The van der Waals surface area contributed by atoms with Crippen molar-refractivity contribution in [3.63, 3.8) is 0 Å². The average Bonchev–Trinajstić information content (AvgIpc) is 2.55. The van der Waals surface area contributed by atoms with Crippen LogP contribution in [0.1, 0.15) is 17.5 Å². The van der Waals surface area contributed by atoms with Crippen LogP contribution in [0.15, 0.2) is 46.9 Å². The molecule has 5 heteroatoms. The molecule has 0 heterocycles. The van der Waals surface area contributed by atoms with Crippen LogP contribution in [0.4, 0.5) is 4.39 Å². The van der Waals surface area contributed by atoms with Crippen LogP contribution in [0.3, 0.4) is 0 Å². The predicted octanol–water partition coefficient (Wildman–Crippen LogP) is 3.89. The van der Waals surface area contributed by atoms with Gasteiger partial charge < -0.3 is 10.1 Å². The third-order valence-corrected chi connectivity index (χ3v) is 4.15. The summed E-state index contributed by atoms with van der Waals surface area (Å²) in [6, 6.07) is 12.4. The summed E-state index contributed by atoms with van der Waals surface area (Å²) < 4.78 is 19.5. The van der Waals surface area contributed by atoms with E-state index in [2.05, 4.69) is 21.2 Å². The molecule has 122 valence electrons. The highest BCUT2D eigenvalue weighted by Gasteiger charge is 2.06. The van der Waals surface area contributed by atoms with Crippen LogP contribution in [0.25, 0.3) is 0 Å². The molecule has 0 saturated carbocycles. The molecule has 0 unspecified atom stereocenters. The van der Waals surface area contributed by atoms with E-state index < -0.39 is 0 Å². The Morgan fingerprint density at radius 3 is 2.70 bits per heavy atom. The predicted molar refractivity (Wildman–Crippen MR) is 92.1 cm³/mol. The first kappa shape index (κ1) is 17.5. The number of carbonyl (C=O) groups is 1. The van der Waals surface area contributed by atoms with Gasteiger partial charge in [0.15, 0.2) is 0 Å². The van der Waals surface area contributed by atoms with Gasteiger partial charge in [-0.15, -0.1) is 0 Å². The molecule has 0 spiro atoms. The summed E-state index contributed by atoms with van der Waals surface area (Å²) in [5, 5.41) is 2.82. The van der Waals surface area contributed by atoms with Gasteiger partial charge in [-0.2, -0.15) is 0 Å². The molecular weight excluding hydrogens is 361 g/mol. The van der Waals surface area contributed by atoms with Crippen LogP contribution in [0.5, 0.6) is 5.75 Å². The molecule has 1 amide bonds. The molecular formula is C18H19BrFNO2. The van der Waals surface area contributed by atoms with Crippen LogP contribution >= 0.6 is 15.9 Å². The lowest BCUT2D eigenvalue weighted by Crippen LogP contribution is -2.26. The fourth-order valence-electron chi connectivity index (χ4n) is 2.25. The monoisotopic (exact) mass is 379 g/mol. The summed E-state index contributed by atoms with van der Waals surface area (Å²) in [4.78, 5) is 11.9. The fraction of sp³-hybridized carbons (Fsp3) is 0.278. The van der Waals surface area contributed by atoms with E-state index in [0.717, 1.165) is 15.8 Å². The molecule has 0 aromatic heterocycles. The molecule has 0 aliphatic rings. The van der Waals surface area contributed by atoms with Gasteiger partial charge in [-0.05, 0) is 58.1 Å². The molecule has 3 nitrogen and oxygen atoms in total. The SMILES string of the molecule is COc1ccc(CCC(=O)NCCc2ccccc2F)cc1Br. The lowest BCUT2D eigenvalue weighted by Gasteiger charge is -2.08. The van der Waals surface area contributed by atoms with E-state index >= 15 is 0 Å². The van der Waals surface area contributed by atoms with Crippen LogP contribution < -0.4 is 10.1 Å². The normalized spacial score (nSPS) is 10.4. The molecule has 1 N–H and O–H groups in total. The molecule has 0 fully saturated rings. The van der Waals surface area contributed by atoms with Gasteiger partial charge in [0.2, 0.25) is 5.91 Å². The molecule has 23 heavy (non-hydrogen) atoms. The van der Waals surface area contributed by atoms with E-state index in [4.69, 9.17) is 4.74 Å². The Kier molecular flexibility index (Phi) is 6.59. The fourth-order valence-corrected chi connectivity index (χ4v) is 2.84. The van der Waals surface area contributed by atoms with Gasteiger partial charge in [0, 0.05) is 13.0 Å². The largest absolute Gasteiger partial charge is 0.496 e. The Morgan fingerprint density at radius 1 is 1.22 bits per heavy atom. The van der Waals surface area contributed by atoms with Crippen LogP contribution in [0, 0.1) is 5.82 Å². The highest BCUT2D eigenvalue weighted by atomic mass is 79.9. The Labute approximate surface area is 144 Å². The summed E-state index contributed by atoms with van der Waals surface area (Å²) in [6.45, 7) is 0.437. The Hall–Kier alpha value is -1.88. The summed E-state index contributed by atoms with van der Waals surface area (Å²) in [5.74, 6) is 0.501. The van der Waals surface area contributed by atoms with Gasteiger partial charge in [-0.3, -0.25) is 4.79 Å². The summed E-state index contributed by atoms with van der Waals surface area (Å²) in [7, 11) is 1.61. The van der Waals surface area contributed by atoms with Gasteiger partial charge >= 0.3 is 0 Å². The molecule has 0 aliphatic carbocycles. The molecule has 0 atom stereocenters. The number of amides is 1. The van der Waals surface area contributed by atoms with Crippen molar-refractivity contribution in [2.24, 2.45) is 0 Å². The average molecular weight is 380 g/mol. The maximum absolute atomic E-state index is 13.5. The Morgan fingerprint density at radius 2 is 2.00 bits per heavy atom. The van der Waals surface area contributed by atoms with Crippen molar-refractivity contribution >= 4 is 21.8 Å². The first-order valence-corrected chi connectivity index (χ1v) is 8.22. The molecule has 2 aromatic carbocycles. The van der Waals surface area contributed by atoms with Gasteiger partial charge in [0.1, 0.15) is 11.6 Å². The molecule has 0 bridgehead atoms. The van der Waals surface area contributed by atoms with Crippen molar-refractivity contribution in [1.29, 1.82) is 0 Å². The number of benzene rings is 2. The van der Waals surface area contributed by atoms with E-state index in [0.29, 0.717) is 31.4 Å². The summed E-state index contributed by atoms with van der Waals surface area (Å²) >= 11 is 3.43. The van der Waals surface area contributed by atoms with E-state index in [9.17, 15) is 9.18 Å². The molecule has 0 saturated heterocycles. The van der Waals surface area contributed by atoms with Crippen molar-refractivity contribution in [2.75, 3.05) is 13.7 Å². The lowest BCUT2D eigenvalue weighted by molar-refractivity contribution is -0.121. The highest BCUT2D eigenvalue weighted by Crippen LogP contribution is 2.25. The van der Waals surface area contributed by atoms with Crippen molar-refractivity contribution in [3.8, 4) is 5.75 Å². The second kappa shape index (κ2) is 8.67. The standard InChI is InChI=1S/C18H19BrFNO2/c1-23-17-8-6-13(12-15(17)19)7-9-18(22)21-11-10-14-4-2-3-5-16(14)20/h2-6,8,12H,7,9-11H2,1H3,(H,21,22). The number of aryl methyl sites for hydroxylation is 1. The van der Waals surface area contributed by atoms with Crippen molar-refractivity contribution in [2.45, 2.75) is 19.3 Å². The Bertz CT molecular complexity index is 676. The number of rotatable bonds is 7. The van der Waals surface area contributed by atoms with E-state index in [1.165, 1.54) is 6.07 Å². The van der Waals surface area contributed by atoms with Gasteiger partial charge in [0.05, 0.1) is 11.6 Å². The minimum absolute atomic E-state index is 0.0340. The number of hydrogen-bond donors (Lipinski definition) is 1. The zero-order chi connectivity index (χ0) is 16.7. The third kappa shape index (κ3) is 5.36. The van der Waals surface area contributed by atoms with E-state index in [1.807, 2.05) is 18.2 Å². The second-order valence-corrected chi connectivity index (χ2v) is 6.01. The zero-order valence-corrected chi connectivity index (χ0v) is 14.5. The molecule has 0 aliphatic heterocycles. The number of hydrogen-bond acceptors (Lipinski definition) is 2. The maximum atomic E-state index is 13.5. The van der Waals surface area contributed by atoms with Crippen LogP contribution in [-0.4, -0.2) is 19.6 Å². The van der Waals surface area contributed by atoms with Crippen molar-refractivity contribution in [3.05, 3.63) is 63.9 Å². The Balaban J connectivity index is 1.75. The summed E-state index contributed by atoms with van der Waals surface area (Å²) in [5.41, 5.74) is 1.67. The number of carbonyl (C=O) groups excluding carboxylic acids is 1. The van der Waals surface area contributed by atoms with Crippen molar-refractivity contribution < 1.29 is 13.9 Å². The topological polar surface area (TPSA) is 38.3 Å². The highest BCUT2D eigenvalue weighted by molar-refractivity contribution is 9.10. The smallest absolute Gasteiger partial charge is 0.220 e. The van der Waals surface area contributed by atoms with Gasteiger partial charge in [-0.25, -0.2) is 4.39 Å². The van der Waals surface area contributed by atoms with Gasteiger partial charge in [0.25, 0.3) is 0 Å². The minimum Gasteiger partial charge on any atom is -0.496 e. The zero-order valence-electron chi connectivity index (χ0n) is 12.9. The van der Waals surface area contributed by atoms with Crippen LogP contribution in [0.2, 0.25) is 0 Å².